The molecule has 20 nitrogen and oxygen atoms in total. The smallest absolute Gasteiger partial charge is 0.309 e. The van der Waals surface area contributed by atoms with E-state index in [2.05, 4.69) is 68.5 Å². The van der Waals surface area contributed by atoms with Crippen LogP contribution in [0.5, 0.6) is 0 Å². The van der Waals surface area contributed by atoms with Crippen molar-refractivity contribution in [2.45, 2.75) is 232 Å². The SMILES string of the molecule is CC[C@H]1OC(=O)[C@H](C)[C@@H](C2C[C@@](C)(OC)[C@@H](O)[C@H](C)O2)[C@H](C)[C@@H](O[C@@H]2O[C@H](C)C[C@H](N(C)CCc3cn(CCCCc4ccc(-n5cc(CN(CC)CC)nn5)cc4)nn3)[C@H]2O)[C@](C)(O)C[C@@H](C)CN(C)[C@H](C)[C@@H](O)[C@]1(C)O. The van der Waals surface area contributed by atoms with Crippen molar-refractivity contribution in [2.75, 3.05) is 47.4 Å². The van der Waals surface area contributed by atoms with E-state index in [-0.39, 0.29) is 37.3 Å². The van der Waals surface area contributed by atoms with Gasteiger partial charge in [-0.2, -0.15) is 0 Å². The number of hydrogen-bond donors (Lipinski definition) is 5. The van der Waals surface area contributed by atoms with Crippen molar-refractivity contribution in [3.63, 3.8) is 0 Å². The molecule has 5 heterocycles. The molecule has 0 bridgehead atoms. The zero-order valence-corrected chi connectivity index (χ0v) is 49.7. The molecule has 1 unspecified atom stereocenters. The van der Waals surface area contributed by atoms with Gasteiger partial charge in [-0.1, -0.05) is 64.1 Å². The highest BCUT2D eigenvalue weighted by Crippen LogP contribution is 2.45. The third-order valence-electron chi connectivity index (χ3n) is 17.9. The van der Waals surface area contributed by atoms with Crippen molar-refractivity contribution >= 4 is 5.97 Å². The number of carbonyl (C=O) groups is 1. The molecule has 2 aromatic heterocycles. The Morgan fingerprint density at radius 3 is 2.19 bits per heavy atom. The highest BCUT2D eigenvalue weighted by Gasteiger charge is 2.55. The molecular formula is C58H99N9O11. The zero-order chi connectivity index (χ0) is 57.4. The summed E-state index contributed by atoms with van der Waals surface area (Å²) < 4.78 is 36.1. The lowest BCUT2D eigenvalue weighted by Crippen LogP contribution is -2.62. The average Bonchev–Trinajstić information content (AvgIpc) is 4.15. The number of unbranched alkanes of at least 4 members (excludes halogenated alkanes) is 1. The van der Waals surface area contributed by atoms with E-state index in [1.54, 1.807) is 34.8 Å². The molecule has 6 rings (SSSR count). The number of likely N-dealkylation sites (N-methyl/N-ethyl adjacent to an activating group) is 2. The molecule has 442 valence electrons. The normalized spacial score (nSPS) is 37.1. The predicted molar refractivity (Wildman–Crippen MR) is 296 cm³/mol. The molecule has 0 spiro atoms. The molecule has 0 aliphatic carbocycles. The van der Waals surface area contributed by atoms with Gasteiger partial charge in [-0.05, 0) is 137 Å². The minimum atomic E-state index is -1.81. The highest BCUT2D eigenvalue weighted by atomic mass is 16.7. The number of aryl methyl sites for hydroxylation is 2. The van der Waals surface area contributed by atoms with Crippen LogP contribution in [0.2, 0.25) is 0 Å². The van der Waals surface area contributed by atoms with Gasteiger partial charge in [-0.15, -0.1) is 10.2 Å². The number of aliphatic hydroxyl groups is 5. The van der Waals surface area contributed by atoms with Crippen molar-refractivity contribution in [3.05, 3.63) is 53.6 Å². The summed E-state index contributed by atoms with van der Waals surface area (Å²) in [5.41, 5.74) is -0.387. The fourth-order valence-electron chi connectivity index (χ4n) is 12.8. The summed E-state index contributed by atoms with van der Waals surface area (Å²) in [4.78, 5) is 21.0. The Balaban J connectivity index is 1.15. The van der Waals surface area contributed by atoms with E-state index in [1.807, 2.05) is 75.4 Å². The lowest BCUT2D eigenvalue weighted by Gasteiger charge is -2.51. The van der Waals surface area contributed by atoms with Gasteiger partial charge in [0.15, 0.2) is 6.29 Å². The molecule has 78 heavy (non-hydrogen) atoms. The van der Waals surface area contributed by atoms with Crippen LogP contribution in [-0.4, -0.2) is 208 Å². The van der Waals surface area contributed by atoms with Gasteiger partial charge in [0.05, 0.1) is 64.8 Å². The van der Waals surface area contributed by atoms with Crippen molar-refractivity contribution < 1.29 is 54.0 Å². The molecule has 18 atom stereocenters. The Bertz CT molecular complexity index is 2300. The average molecular weight is 1100 g/mol. The van der Waals surface area contributed by atoms with Gasteiger partial charge in [-0.3, -0.25) is 14.4 Å². The molecule has 3 aromatic rings. The predicted octanol–water partition coefficient (Wildman–Crippen LogP) is 4.82. The third kappa shape index (κ3) is 15.3. The number of benzene rings is 1. The van der Waals surface area contributed by atoms with Crippen LogP contribution in [-0.2, 0) is 54.4 Å². The summed E-state index contributed by atoms with van der Waals surface area (Å²) in [5.74, 6) is -3.10. The topological polar surface area (TPSA) is 236 Å². The van der Waals surface area contributed by atoms with Crippen LogP contribution >= 0.6 is 0 Å². The highest BCUT2D eigenvalue weighted by molar-refractivity contribution is 5.73. The minimum Gasteiger partial charge on any atom is -0.459 e. The Labute approximate surface area is 465 Å². The van der Waals surface area contributed by atoms with Gasteiger partial charge >= 0.3 is 5.97 Å². The van der Waals surface area contributed by atoms with Crippen LogP contribution in [0, 0.1) is 23.7 Å². The van der Waals surface area contributed by atoms with Crippen LogP contribution in [0.25, 0.3) is 5.69 Å². The van der Waals surface area contributed by atoms with E-state index in [1.165, 1.54) is 12.5 Å². The summed E-state index contributed by atoms with van der Waals surface area (Å²) in [6.45, 7) is 26.9. The number of cyclic esters (lactones) is 1. The van der Waals surface area contributed by atoms with Gasteiger partial charge in [0.2, 0.25) is 0 Å². The Morgan fingerprint density at radius 1 is 0.859 bits per heavy atom. The molecule has 3 aliphatic rings. The number of hydrogen-bond acceptors (Lipinski definition) is 18. The first kappa shape index (κ1) is 63.7. The lowest BCUT2D eigenvalue weighted by molar-refractivity contribution is -0.302. The second-order valence-corrected chi connectivity index (χ2v) is 24.2. The quantitative estimate of drug-likeness (QED) is 0.0799. The monoisotopic (exact) mass is 1100 g/mol. The second-order valence-electron chi connectivity index (χ2n) is 24.2. The summed E-state index contributed by atoms with van der Waals surface area (Å²) in [5, 5.41) is 77.9. The molecular weight excluding hydrogens is 999 g/mol. The fourth-order valence-corrected chi connectivity index (χ4v) is 12.8. The van der Waals surface area contributed by atoms with Gasteiger partial charge in [-0.25, -0.2) is 4.68 Å². The summed E-state index contributed by atoms with van der Waals surface area (Å²) in [7, 11) is 5.38. The van der Waals surface area contributed by atoms with Crippen LogP contribution < -0.4 is 0 Å². The molecule has 3 fully saturated rings. The zero-order valence-electron chi connectivity index (χ0n) is 49.7. The molecule has 5 N–H and O–H groups in total. The maximum Gasteiger partial charge on any atom is 0.309 e. The van der Waals surface area contributed by atoms with Crippen molar-refractivity contribution in [2.24, 2.45) is 23.7 Å². The van der Waals surface area contributed by atoms with Crippen LogP contribution in [0.15, 0.2) is 36.7 Å². The number of aliphatic hydroxyl groups excluding tert-OH is 3. The van der Waals surface area contributed by atoms with E-state index in [4.69, 9.17) is 23.7 Å². The Hall–Kier alpha value is -3.51. The second kappa shape index (κ2) is 27.5. The standard InChI is InChI=1S/C58H99N9O11/c1-16-48-58(12,73)51(69)40(8)64(14)32-36(4)30-56(10,72)53(38(6)49(39(7)54(71)77-48)47-31-57(11,74-15)52(70)41(9)76-47)78-55-50(68)46(29-37(5)75-55)63(13)28-26-43-34-66(61-59-43)27-20-19-21-42-22-24-45(25-23-42)67-35-44(60-62-67)33-65(17-2)18-3/h22-25,34-41,46-53,55,68-70,72-73H,16-21,26-33H2,1-15H3/t36-,37-,38+,39-,40-,41+,46+,47?,48-,49+,50-,51-,52+,53-,55+,56-,57-,58-/m1/s1. The van der Waals surface area contributed by atoms with Gasteiger partial charge < -0.3 is 59.0 Å². The minimum absolute atomic E-state index is 0.165. The first-order chi connectivity index (χ1) is 36.8. The Morgan fingerprint density at radius 2 is 1.54 bits per heavy atom. The maximum atomic E-state index is 14.7. The molecule has 20 heteroatoms. The van der Waals surface area contributed by atoms with Gasteiger partial charge in [0.25, 0.3) is 0 Å². The number of rotatable bonds is 19. The molecule has 0 radical (unpaired) electrons. The van der Waals surface area contributed by atoms with Gasteiger partial charge in [0.1, 0.15) is 30.0 Å². The van der Waals surface area contributed by atoms with Crippen molar-refractivity contribution in [3.8, 4) is 5.69 Å². The number of methoxy groups -OCH3 is 1. The number of nitrogens with zero attached hydrogens (tertiary/aromatic N) is 9. The van der Waals surface area contributed by atoms with Crippen LogP contribution in [0.3, 0.4) is 0 Å². The summed E-state index contributed by atoms with van der Waals surface area (Å²) >= 11 is 0. The van der Waals surface area contributed by atoms with Crippen molar-refractivity contribution in [1.82, 2.24) is 44.7 Å². The van der Waals surface area contributed by atoms with Crippen molar-refractivity contribution in [1.29, 1.82) is 0 Å². The first-order valence-corrected chi connectivity index (χ1v) is 29.0. The molecule has 0 saturated carbocycles. The number of ether oxygens (including phenoxy) is 5. The van der Waals surface area contributed by atoms with E-state index < -0.39 is 95.6 Å². The number of carbonyl (C=O) groups excluding carboxylic acids is 1. The van der Waals surface area contributed by atoms with E-state index in [0.29, 0.717) is 25.9 Å². The maximum absolute atomic E-state index is 14.7. The fraction of sp³-hybridized carbons (Fsp3) is 0.810. The summed E-state index contributed by atoms with van der Waals surface area (Å²) in [6.07, 6.45) is 0.258. The molecule has 0 amide bonds. The molecule has 1 aromatic carbocycles. The lowest BCUT2D eigenvalue weighted by atomic mass is 9.68. The third-order valence-corrected chi connectivity index (χ3v) is 17.9. The first-order valence-electron chi connectivity index (χ1n) is 29.0. The van der Waals surface area contributed by atoms with E-state index >= 15 is 0 Å². The van der Waals surface area contributed by atoms with Crippen LogP contribution in [0.1, 0.15) is 139 Å². The van der Waals surface area contributed by atoms with Gasteiger partial charge in [0, 0.05) is 70.3 Å². The molecule has 3 aliphatic heterocycles. The largest absolute Gasteiger partial charge is 0.459 e. The number of aromatic nitrogens is 6. The van der Waals surface area contributed by atoms with Crippen LogP contribution in [0.4, 0.5) is 0 Å². The molecule has 3 saturated heterocycles. The van der Waals surface area contributed by atoms with E-state index in [9.17, 15) is 30.3 Å². The number of esters is 1. The summed E-state index contributed by atoms with van der Waals surface area (Å²) in [6, 6.07) is 7.55. The van der Waals surface area contributed by atoms with E-state index in [0.717, 1.165) is 62.5 Å². The Kier molecular flexibility index (Phi) is 22.5.